The molecule has 0 bridgehead atoms. The number of ether oxygens (including phenoxy) is 1. The third kappa shape index (κ3) is 1.67. The summed E-state index contributed by atoms with van der Waals surface area (Å²) < 4.78 is 18.7. The highest BCUT2D eigenvalue weighted by Gasteiger charge is 2.27. The maximum atomic E-state index is 13.9. The number of nitrogens with one attached hydrogen (secondary N) is 1. The van der Waals surface area contributed by atoms with Crippen molar-refractivity contribution in [2.45, 2.75) is 18.9 Å². The predicted molar refractivity (Wildman–Crippen MR) is 56.3 cm³/mol. The summed E-state index contributed by atoms with van der Waals surface area (Å²) in [5.41, 5.74) is 0.0920. The van der Waals surface area contributed by atoms with Gasteiger partial charge in [-0.25, -0.2) is 4.39 Å². The molecule has 1 fully saturated rings. The minimum Gasteiger partial charge on any atom is -0.504 e. The molecule has 3 N–H and O–H groups in total. The first-order valence-electron chi connectivity index (χ1n) is 5.17. The van der Waals surface area contributed by atoms with Crippen LogP contribution < -0.4 is 10.1 Å². The van der Waals surface area contributed by atoms with Crippen molar-refractivity contribution in [2.75, 3.05) is 13.7 Å². The summed E-state index contributed by atoms with van der Waals surface area (Å²) in [6.07, 6.45) is 1.65. The van der Waals surface area contributed by atoms with Crippen molar-refractivity contribution in [3.05, 3.63) is 17.4 Å². The van der Waals surface area contributed by atoms with Crippen LogP contribution in [0.15, 0.2) is 6.07 Å². The van der Waals surface area contributed by atoms with Gasteiger partial charge in [-0.05, 0) is 19.4 Å². The highest BCUT2D eigenvalue weighted by atomic mass is 19.1. The lowest BCUT2D eigenvalue weighted by molar-refractivity contribution is 0.353. The lowest BCUT2D eigenvalue weighted by atomic mass is 10.0. The van der Waals surface area contributed by atoms with Crippen LogP contribution in [0.3, 0.4) is 0 Å². The van der Waals surface area contributed by atoms with Gasteiger partial charge in [0.2, 0.25) is 0 Å². The van der Waals surface area contributed by atoms with Gasteiger partial charge in [0.1, 0.15) is 0 Å². The lowest BCUT2D eigenvalue weighted by Crippen LogP contribution is -2.15. The first-order chi connectivity index (χ1) is 7.65. The van der Waals surface area contributed by atoms with Gasteiger partial charge in [-0.15, -0.1) is 0 Å². The molecule has 1 aromatic carbocycles. The largest absolute Gasteiger partial charge is 0.504 e. The van der Waals surface area contributed by atoms with Crippen molar-refractivity contribution in [3.8, 4) is 17.2 Å². The monoisotopic (exact) mass is 227 g/mol. The summed E-state index contributed by atoms with van der Waals surface area (Å²) in [5, 5.41) is 22.2. The fraction of sp³-hybridized carbons (Fsp3) is 0.455. The van der Waals surface area contributed by atoms with Crippen molar-refractivity contribution in [1.29, 1.82) is 0 Å². The van der Waals surface area contributed by atoms with Gasteiger partial charge in [-0.3, -0.25) is 0 Å². The second-order valence-corrected chi connectivity index (χ2v) is 3.82. The van der Waals surface area contributed by atoms with Crippen LogP contribution in [0.1, 0.15) is 24.4 Å². The van der Waals surface area contributed by atoms with E-state index >= 15 is 0 Å². The number of methoxy groups -OCH3 is 1. The van der Waals surface area contributed by atoms with Gasteiger partial charge in [0.25, 0.3) is 0 Å². The van der Waals surface area contributed by atoms with E-state index in [0.29, 0.717) is 0 Å². The van der Waals surface area contributed by atoms with Crippen molar-refractivity contribution in [1.82, 2.24) is 5.32 Å². The molecule has 1 heterocycles. The molecule has 1 atom stereocenters. The van der Waals surface area contributed by atoms with Crippen LogP contribution in [0.4, 0.5) is 4.39 Å². The molecule has 88 valence electrons. The third-order valence-corrected chi connectivity index (χ3v) is 2.85. The highest BCUT2D eigenvalue weighted by Crippen LogP contribution is 2.42. The summed E-state index contributed by atoms with van der Waals surface area (Å²) in [6, 6.07) is 0.810. The molecule has 0 saturated carbocycles. The summed E-state index contributed by atoms with van der Waals surface area (Å²) in [5.74, 6) is -1.43. The van der Waals surface area contributed by atoms with E-state index in [9.17, 15) is 14.6 Å². The SMILES string of the molecule is COc1cc(O)c(O)c(C2CCCN2)c1F. The number of phenolic OH excluding ortho intramolecular Hbond substituents is 2. The summed E-state index contributed by atoms with van der Waals surface area (Å²) in [4.78, 5) is 0. The van der Waals surface area contributed by atoms with Crippen LogP contribution >= 0.6 is 0 Å². The Morgan fingerprint density at radius 1 is 1.50 bits per heavy atom. The Hall–Kier alpha value is -1.49. The normalized spacial score (nSPS) is 20.0. The minimum atomic E-state index is -0.614. The number of hydrogen-bond donors (Lipinski definition) is 3. The Kier molecular flexibility index (Phi) is 2.87. The molecular formula is C11H14FNO3. The Balaban J connectivity index is 2.52. The lowest BCUT2D eigenvalue weighted by Gasteiger charge is -2.16. The average Bonchev–Trinajstić information content (AvgIpc) is 2.77. The van der Waals surface area contributed by atoms with Gasteiger partial charge in [0.05, 0.1) is 12.7 Å². The van der Waals surface area contributed by atoms with Crippen LogP contribution in [0.25, 0.3) is 0 Å². The number of benzene rings is 1. The van der Waals surface area contributed by atoms with E-state index in [0.717, 1.165) is 25.5 Å². The van der Waals surface area contributed by atoms with E-state index in [4.69, 9.17) is 4.74 Å². The van der Waals surface area contributed by atoms with E-state index in [2.05, 4.69) is 5.32 Å². The van der Waals surface area contributed by atoms with Crippen molar-refractivity contribution < 1.29 is 19.3 Å². The van der Waals surface area contributed by atoms with Crippen molar-refractivity contribution >= 4 is 0 Å². The second-order valence-electron chi connectivity index (χ2n) is 3.82. The first kappa shape index (κ1) is 11.0. The zero-order chi connectivity index (χ0) is 11.7. The Bertz CT molecular complexity index is 403. The van der Waals surface area contributed by atoms with E-state index in [-0.39, 0.29) is 23.1 Å². The zero-order valence-electron chi connectivity index (χ0n) is 8.96. The zero-order valence-corrected chi connectivity index (χ0v) is 8.96. The standard InChI is InChI=1S/C11H14FNO3/c1-16-8-5-7(14)11(15)9(10(8)12)6-3-2-4-13-6/h5-6,13-15H,2-4H2,1H3. The van der Waals surface area contributed by atoms with Crippen LogP contribution in [-0.4, -0.2) is 23.9 Å². The van der Waals surface area contributed by atoms with Crippen LogP contribution in [-0.2, 0) is 0 Å². The molecule has 1 aromatic rings. The maximum absolute atomic E-state index is 13.9. The molecule has 0 radical (unpaired) electrons. The number of halogens is 1. The topological polar surface area (TPSA) is 61.7 Å². The molecule has 0 aliphatic carbocycles. The van der Waals surface area contributed by atoms with Gasteiger partial charge >= 0.3 is 0 Å². The maximum Gasteiger partial charge on any atom is 0.173 e. The first-order valence-corrected chi connectivity index (χ1v) is 5.17. The van der Waals surface area contributed by atoms with Gasteiger partial charge in [0.15, 0.2) is 23.1 Å². The van der Waals surface area contributed by atoms with E-state index < -0.39 is 11.6 Å². The molecule has 0 spiro atoms. The molecule has 1 unspecified atom stereocenters. The van der Waals surface area contributed by atoms with Crippen LogP contribution in [0, 0.1) is 5.82 Å². The van der Waals surface area contributed by atoms with E-state index in [1.807, 2.05) is 0 Å². The summed E-state index contributed by atoms with van der Waals surface area (Å²) in [6.45, 7) is 0.779. The van der Waals surface area contributed by atoms with Crippen LogP contribution in [0.2, 0.25) is 0 Å². The summed E-state index contributed by atoms with van der Waals surface area (Å²) >= 11 is 0. The van der Waals surface area contributed by atoms with Crippen molar-refractivity contribution in [3.63, 3.8) is 0 Å². The minimum absolute atomic E-state index is 0.0565. The highest BCUT2D eigenvalue weighted by molar-refractivity contribution is 5.52. The molecule has 1 saturated heterocycles. The van der Waals surface area contributed by atoms with E-state index in [1.54, 1.807) is 0 Å². The smallest absolute Gasteiger partial charge is 0.173 e. The quantitative estimate of drug-likeness (QED) is 0.672. The third-order valence-electron chi connectivity index (χ3n) is 2.85. The number of rotatable bonds is 2. The second kappa shape index (κ2) is 4.17. The Morgan fingerprint density at radius 3 is 2.81 bits per heavy atom. The average molecular weight is 227 g/mol. The van der Waals surface area contributed by atoms with Crippen LogP contribution in [0.5, 0.6) is 17.2 Å². The number of hydrogen-bond acceptors (Lipinski definition) is 4. The molecular weight excluding hydrogens is 213 g/mol. The van der Waals surface area contributed by atoms with E-state index in [1.165, 1.54) is 7.11 Å². The van der Waals surface area contributed by atoms with Gasteiger partial charge in [-0.1, -0.05) is 0 Å². The summed E-state index contributed by atoms with van der Waals surface area (Å²) in [7, 11) is 1.32. The number of aromatic hydroxyl groups is 2. The molecule has 1 aliphatic heterocycles. The van der Waals surface area contributed by atoms with Gasteiger partial charge in [0, 0.05) is 12.1 Å². The molecule has 5 heteroatoms. The molecule has 2 rings (SSSR count). The fourth-order valence-electron chi connectivity index (χ4n) is 2.03. The predicted octanol–water partition coefficient (Wildman–Crippen LogP) is 1.67. The Labute approximate surface area is 92.7 Å². The molecule has 0 amide bonds. The van der Waals surface area contributed by atoms with Crippen molar-refractivity contribution in [2.24, 2.45) is 0 Å². The van der Waals surface area contributed by atoms with Gasteiger partial charge < -0.3 is 20.3 Å². The molecule has 1 aliphatic rings. The fourth-order valence-corrected chi connectivity index (χ4v) is 2.03. The molecule has 0 aromatic heterocycles. The molecule has 4 nitrogen and oxygen atoms in total. The number of phenols is 2. The molecule has 16 heavy (non-hydrogen) atoms. The van der Waals surface area contributed by atoms with Gasteiger partial charge in [-0.2, -0.15) is 0 Å². The Morgan fingerprint density at radius 2 is 2.25 bits per heavy atom.